The number of likely N-dealkylation sites (N-methyl/N-ethyl adjacent to an activating group) is 1. The minimum absolute atomic E-state index is 0.00977. The molecule has 1 N–H and O–H groups in total. The van der Waals surface area contributed by atoms with E-state index in [0.29, 0.717) is 0 Å². The van der Waals surface area contributed by atoms with Crippen LogP contribution in [0, 0.1) is 0 Å². The fourth-order valence-corrected chi connectivity index (χ4v) is 0.761. The summed E-state index contributed by atoms with van der Waals surface area (Å²) in [5.74, 6) is 0.0243. The molecule has 0 saturated carbocycles. The first-order valence-corrected chi connectivity index (χ1v) is 3.41. The Labute approximate surface area is 68.6 Å². The Hall–Kier alpha value is -0.870. The van der Waals surface area contributed by atoms with Crippen molar-refractivity contribution in [2.24, 2.45) is 0 Å². The maximum atomic E-state index is 11.0. The molecule has 0 aromatic carbocycles. The molecule has 0 fully saturated rings. The van der Waals surface area contributed by atoms with Gasteiger partial charge in [0.1, 0.15) is 0 Å². The van der Waals surface area contributed by atoms with Crippen LogP contribution < -0.4 is 5.32 Å². The second-order valence-electron chi connectivity index (χ2n) is 1.93. The molecule has 60 valence electrons. The van der Waals surface area contributed by atoms with E-state index >= 15 is 0 Å². The van der Waals surface area contributed by atoms with Crippen molar-refractivity contribution in [1.29, 1.82) is 0 Å². The first-order chi connectivity index (χ1) is 5.24. The van der Waals surface area contributed by atoms with Crippen molar-refractivity contribution in [2.45, 2.75) is 0 Å². The lowest BCUT2D eigenvalue weighted by Crippen LogP contribution is -2.17. The van der Waals surface area contributed by atoms with Gasteiger partial charge in [-0.05, 0) is 18.6 Å². The SMILES string of the molecule is CNCC(=O)c1cnc(Cl)o1. The molecule has 0 bridgehead atoms. The van der Waals surface area contributed by atoms with Gasteiger partial charge >= 0.3 is 0 Å². The number of oxazole rings is 1. The highest BCUT2D eigenvalue weighted by atomic mass is 35.5. The van der Waals surface area contributed by atoms with E-state index in [1.54, 1.807) is 7.05 Å². The van der Waals surface area contributed by atoms with Gasteiger partial charge in [0.25, 0.3) is 5.35 Å². The summed E-state index contributed by atoms with van der Waals surface area (Å²) < 4.78 is 4.76. The number of ketones is 1. The minimum atomic E-state index is -0.160. The number of nitrogens with zero attached hydrogens (tertiary/aromatic N) is 1. The van der Waals surface area contributed by atoms with Crippen LogP contribution in [0.15, 0.2) is 10.6 Å². The fourth-order valence-electron chi connectivity index (χ4n) is 0.629. The highest BCUT2D eigenvalue weighted by Gasteiger charge is 2.09. The number of hydrogen-bond donors (Lipinski definition) is 1. The Bertz CT molecular complexity index is 259. The summed E-state index contributed by atoms with van der Waals surface area (Å²) in [6.07, 6.45) is 1.31. The van der Waals surface area contributed by atoms with Crippen LogP contribution in [0.1, 0.15) is 10.6 Å². The molecule has 1 heterocycles. The van der Waals surface area contributed by atoms with Gasteiger partial charge in [-0.2, -0.15) is 0 Å². The number of carbonyl (C=O) groups is 1. The minimum Gasteiger partial charge on any atom is -0.424 e. The highest BCUT2D eigenvalue weighted by Crippen LogP contribution is 2.08. The lowest BCUT2D eigenvalue weighted by Gasteiger charge is -1.91. The standard InChI is InChI=1S/C6H7ClN2O2/c1-8-2-4(10)5-3-9-6(7)11-5/h3,8H,2H2,1H3. The van der Waals surface area contributed by atoms with Crippen LogP contribution in [0.2, 0.25) is 5.35 Å². The summed E-state index contributed by atoms with van der Waals surface area (Å²) in [4.78, 5) is 14.6. The summed E-state index contributed by atoms with van der Waals surface area (Å²) >= 11 is 5.35. The lowest BCUT2D eigenvalue weighted by molar-refractivity contribution is 0.0967. The van der Waals surface area contributed by atoms with Gasteiger partial charge < -0.3 is 9.73 Å². The second-order valence-corrected chi connectivity index (χ2v) is 2.25. The molecule has 5 heteroatoms. The molecule has 1 aromatic heterocycles. The number of carbonyl (C=O) groups excluding carboxylic acids is 1. The lowest BCUT2D eigenvalue weighted by atomic mass is 10.3. The van der Waals surface area contributed by atoms with Crippen molar-refractivity contribution in [3.05, 3.63) is 17.3 Å². The van der Waals surface area contributed by atoms with Gasteiger partial charge in [-0.1, -0.05) is 0 Å². The van der Waals surface area contributed by atoms with Gasteiger partial charge in [-0.15, -0.1) is 0 Å². The van der Waals surface area contributed by atoms with Crippen LogP contribution in [0.25, 0.3) is 0 Å². The topological polar surface area (TPSA) is 55.1 Å². The zero-order valence-corrected chi connectivity index (χ0v) is 6.68. The van der Waals surface area contributed by atoms with Gasteiger partial charge in [-0.25, -0.2) is 4.98 Å². The number of hydrogen-bond acceptors (Lipinski definition) is 4. The Balaban J connectivity index is 2.69. The molecule has 1 rings (SSSR count). The maximum absolute atomic E-state index is 11.0. The molecule has 1 aromatic rings. The third kappa shape index (κ3) is 2.03. The van der Waals surface area contributed by atoms with E-state index in [2.05, 4.69) is 10.3 Å². The van der Waals surface area contributed by atoms with E-state index in [9.17, 15) is 4.79 Å². The van der Waals surface area contributed by atoms with Crippen molar-refractivity contribution >= 4 is 17.4 Å². The normalized spacial score (nSPS) is 10.0. The van der Waals surface area contributed by atoms with E-state index in [-0.39, 0.29) is 23.4 Å². The summed E-state index contributed by atoms with van der Waals surface area (Å²) in [5.41, 5.74) is 0. The van der Waals surface area contributed by atoms with E-state index in [4.69, 9.17) is 16.0 Å². The molecule has 4 nitrogen and oxygen atoms in total. The Morgan fingerprint density at radius 3 is 3.09 bits per heavy atom. The van der Waals surface area contributed by atoms with E-state index in [1.165, 1.54) is 6.20 Å². The monoisotopic (exact) mass is 174 g/mol. The van der Waals surface area contributed by atoms with Crippen LogP contribution in [0.5, 0.6) is 0 Å². The van der Waals surface area contributed by atoms with E-state index in [1.807, 2.05) is 0 Å². The van der Waals surface area contributed by atoms with Gasteiger partial charge in [-0.3, -0.25) is 4.79 Å². The van der Waals surface area contributed by atoms with Crippen LogP contribution >= 0.6 is 11.6 Å². The van der Waals surface area contributed by atoms with Gasteiger partial charge in [0.2, 0.25) is 5.78 Å². The molecule has 0 spiro atoms. The number of nitrogens with one attached hydrogen (secondary N) is 1. The second kappa shape index (κ2) is 3.50. The molecule has 0 amide bonds. The first kappa shape index (κ1) is 8.23. The maximum Gasteiger partial charge on any atom is 0.292 e. The summed E-state index contributed by atoms with van der Waals surface area (Å²) in [7, 11) is 1.68. The molecule has 0 saturated heterocycles. The largest absolute Gasteiger partial charge is 0.424 e. The van der Waals surface area contributed by atoms with Gasteiger partial charge in [0.05, 0.1) is 12.7 Å². The average molecular weight is 175 g/mol. The quantitative estimate of drug-likeness (QED) is 0.687. The predicted molar refractivity (Wildman–Crippen MR) is 39.8 cm³/mol. The molecular weight excluding hydrogens is 168 g/mol. The number of halogens is 1. The van der Waals surface area contributed by atoms with Crippen molar-refractivity contribution in [3.8, 4) is 0 Å². The molecule has 0 atom stereocenters. The number of aromatic nitrogens is 1. The fraction of sp³-hybridized carbons (Fsp3) is 0.333. The smallest absolute Gasteiger partial charge is 0.292 e. The van der Waals surface area contributed by atoms with Crippen molar-refractivity contribution < 1.29 is 9.21 Å². The molecular formula is C6H7ClN2O2. The Kier molecular flexibility index (Phi) is 2.62. The first-order valence-electron chi connectivity index (χ1n) is 3.03. The highest BCUT2D eigenvalue weighted by molar-refractivity contribution is 6.27. The van der Waals surface area contributed by atoms with E-state index in [0.717, 1.165) is 0 Å². The van der Waals surface area contributed by atoms with Crippen LogP contribution in [-0.4, -0.2) is 24.4 Å². The summed E-state index contributed by atoms with van der Waals surface area (Å²) in [6, 6.07) is 0. The van der Waals surface area contributed by atoms with Crippen LogP contribution in [-0.2, 0) is 0 Å². The van der Waals surface area contributed by atoms with E-state index < -0.39 is 0 Å². The molecule has 0 unspecified atom stereocenters. The van der Waals surface area contributed by atoms with Crippen molar-refractivity contribution in [3.63, 3.8) is 0 Å². The van der Waals surface area contributed by atoms with Gasteiger partial charge in [0.15, 0.2) is 5.76 Å². The van der Waals surface area contributed by atoms with Crippen LogP contribution in [0.3, 0.4) is 0 Å². The number of rotatable bonds is 3. The zero-order valence-electron chi connectivity index (χ0n) is 5.93. The zero-order chi connectivity index (χ0) is 8.27. The third-order valence-corrected chi connectivity index (χ3v) is 1.26. The van der Waals surface area contributed by atoms with Crippen LogP contribution in [0.4, 0.5) is 0 Å². The average Bonchev–Trinajstić information content (AvgIpc) is 2.36. The predicted octanol–water partition coefficient (Wildman–Crippen LogP) is 0.730. The van der Waals surface area contributed by atoms with Gasteiger partial charge in [0, 0.05) is 0 Å². The summed E-state index contributed by atoms with van der Waals surface area (Å²) in [6.45, 7) is 0.228. The third-order valence-electron chi connectivity index (χ3n) is 1.09. The molecule has 11 heavy (non-hydrogen) atoms. The molecule has 0 aliphatic carbocycles. The molecule has 0 aliphatic heterocycles. The Morgan fingerprint density at radius 2 is 2.64 bits per heavy atom. The number of Topliss-reactive ketones (excluding diaryl/α,β-unsaturated/α-hetero) is 1. The molecule has 0 aliphatic rings. The molecule has 0 radical (unpaired) electrons. The van der Waals surface area contributed by atoms with Crippen molar-refractivity contribution in [2.75, 3.05) is 13.6 Å². The van der Waals surface area contributed by atoms with Crippen molar-refractivity contribution in [1.82, 2.24) is 10.3 Å². The Morgan fingerprint density at radius 1 is 1.91 bits per heavy atom. The summed E-state index contributed by atoms with van der Waals surface area (Å²) in [5, 5.41) is 2.69.